The van der Waals surface area contributed by atoms with Crippen LogP contribution in [0, 0.1) is 6.92 Å². The van der Waals surface area contributed by atoms with Crippen LogP contribution in [-0.4, -0.2) is 24.8 Å². The van der Waals surface area contributed by atoms with Crippen LogP contribution in [0.1, 0.15) is 37.5 Å². The Morgan fingerprint density at radius 1 is 1.39 bits per heavy atom. The number of hydrogen-bond donors (Lipinski definition) is 1. The van der Waals surface area contributed by atoms with Crippen molar-refractivity contribution in [3.63, 3.8) is 0 Å². The average molecular weight is 325 g/mol. The van der Waals surface area contributed by atoms with E-state index in [9.17, 15) is 5.11 Å². The molecule has 2 unspecified atom stereocenters. The van der Waals surface area contributed by atoms with Gasteiger partial charge in [0.15, 0.2) is 0 Å². The molecule has 18 heavy (non-hydrogen) atoms. The van der Waals surface area contributed by atoms with Crippen molar-refractivity contribution < 1.29 is 42.6 Å². The van der Waals surface area contributed by atoms with Gasteiger partial charge in [-0.05, 0) is 37.5 Å². The molecular formula is C14H22NO2Y-. The second-order valence-corrected chi connectivity index (χ2v) is 4.32. The molecule has 0 saturated heterocycles. The fourth-order valence-electron chi connectivity index (χ4n) is 1.69. The predicted octanol–water partition coefficient (Wildman–Crippen LogP) is 3.21. The van der Waals surface area contributed by atoms with Crippen LogP contribution in [0.2, 0.25) is 0 Å². The molecule has 1 aromatic carbocycles. The van der Waals surface area contributed by atoms with Gasteiger partial charge in [-0.2, -0.15) is 7.05 Å². The molecule has 1 aromatic rings. The molecule has 0 fully saturated rings. The minimum absolute atomic E-state index is 0. The molecule has 0 aliphatic rings. The Labute approximate surface area is 135 Å². The summed E-state index contributed by atoms with van der Waals surface area (Å²) in [5.41, 5.74) is 1.90. The zero-order valence-electron chi connectivity index (χ0n) is 11.7. The van der Waals surface area contributed by atoms with Crippen LogP contribution in [0.25, 0.3) is 5.32 Å². The number of rotatable bonds is 6. The van der Waals surface area contributed by atoms with E-state index < -0.39 is 6.10 Å². The molecule has 0 saturated carbocycles. The van der Waals surface area contributed by atoms with Crippen molar-refractivity contribution in [1.29, 1.82) is 0 Å². The number of hydrogen-bond acceptors (Lipinski definition) is 2. The summed E-state index contributed by atoms with van der Waals surface area (Å²) in [5, 5.41) is 13.9. The topological polar surface area (TPSA) is 43.6 Å². The third-order valence-electron chi connectivity index (χ3n) is 2.94. The molecule has 3 nitrogen and oxygen atoms in total. The molecule has 2 atom stereocenters. The Balaban J connectivity index is 0.00000289. The monoisotopic (exact) mass is 325 g/mol. The Morgan fingerprint density at radius 2 is 2.06 bits per heavy atom. The van der Waals surface area contributed by atoms with Crippen LogP contribution in [-0.2, 0) is 32.7 Å². The van der Waals surface area contributed by atoms with Gasteiger partial charge in [-0.3, -0.25) is 0 Å². The minimum atomic E-state index is -0.541. The number of ether oxygens (including phenoxy) is 1. The summed E-state index contributed by atoms with van der Waals surface area (Å²) in [5.74, 6) is 0.854. The van der Waals surface area contributed by atoms with Gasteiger partial charge in [-0.25, -0.2) is 0 Å². The number of aliphatic hydroxyl groups excluding tert-OH is 1. The first-order valence-electron chi connectivity index (χ1n) is 6.10. The largest absolute Gasteiger partial charge is 0.663 e. The summed E-state index contributed by atoms with van der Waals surface area (Å²) in [4.78, 5) is 0. The van der Waals surface area contributed by atoms with Crippen molar-refractivity contribution in [1.82, 2.24) is 0 Å². The van der Waals surface area contributed by atoms with Gasteiger partial charge in [0.1, 0.15) is 5.75 Å². The van der Waals surface area contributed by atoms with Crippen LogP contribution in [0.5, 0.6) is 5.75 Å². The summed E-state index contributed by atoms with van der Waals surface area (Å²) in [6.07, 6.45) is 0.619. The van der Waals surface area contributed by atoms with E-state index in [0.717, 1.165) is 23.3 Å². The van der Waals surface area contributed by atoms with Crippen molar-refractivity contribution in [2.75, 3.05) is 13.6 Å². The van der Waals surface area contributed by atoms with Crippen molar-refractivity contribution in [3.8, 4) is 5.75 Å². The van der Waals surface area contributed by atoms with E-state index in [1.807, 2.05) is 32.0 Å². The van der Waals surface area contributed by atoms with Gasteiger partial charge >= 0.3 is 0 Å². The van der Waals surface area contributed by atoms with Crippen LogP contribution >= 0.6 is 0 Å². The minimum Gasteiger partial charge on any atom is -0.663 e. The van der Waals surface area contributed by atoms with E-state index in [1.54, 1.807) is 7.05 Å². The van der Waals surface area contributed by atoms with Gasteiger partial charge in [0.2, 0.25) is 0 Å². The predicted molar refractivity (Wildman–Crippen MR) is 70.7 cm³/mol. The zero-order valence-corrected chi connectivity index (χ0v) is 14.5. The van der Waals surface area contributed by atoms with Crippen LogP contribution < -0.4 is 4.74 Å². The average Bonchev–Trinajstić information content (AvgIpc) is 2.32. The van der Waals surface area contributed by atoms with E-state index >= 15 is 0 Å². The SMILES string of the molecule is CCC(C)Oc1cccc(C(O)C[N-]C)c1C.[Y]. The van der Waals surface area contributed by atoms with Gasteiger partial charge in [0.05, 0.1) is 12.2 Å². The fourth-order valence-corrected chi connectivity index (χ4v) is 1.69. The molecule has 0 aromatic heterocycles. The van der Waals surface area contributed by atoms with Crippen molar-refractivity contribution in [2.24, 2.45) is 0 Å². The Kier molecular flexibility index (Phi) is 9.05. The Morgan fingerprint density at radius 3 is 2.61 bits per heavy atom. The number of nitrogens with zero attached hydrogens (tertiary/aromatic N) is 1. The van der Waals surface area contributed by atoms with E-state index in [1.165, 1.54) is 0 Å². The summed E-state index contributed by atoms with van der Waals surface area (Å²) in [7, 11) is 1.71. The number of likely N-dealkylation sites (N-methyl/N-ethyl adjacent to an activating group) is 1. The first-order valence-corrected chi connectivity index (χ1v) is 6.10. The molecule has 4 heteroatoms. The van der Waals surface area contributed by atoms with Crippen LogP contribution in [0.15, 0.2) is 18.2 Å². The molecule has 99 valence electrons. The van der Waals surface area contributed by atoms with Gasteiger partial charge in [0.25, 0.3) is 0 Å². The number of benzene rings is 1. The molecule has 0 aliphatic carbocycles. The van der Waals surface area contributed by atoms with Crippen molar-refractivity contribution >= 4 is 0 Å². The second kappa shape index (κ2) is 9.03. The fraction of sp³-hybridized carbons (Fsp3) is 0.571. The number of aliphatic hydroxyl groups is 1. The normalized spacial score (nSPS) is 13.6. The Hall–Kier alpha value is 0.0439. The maximum absolute atomic E-state index is 9.97. The molecule has 1 radical (unpaired) electrons. The molecule has 0 amide bonds. The second-order valence-electron chi connectivity index (χ2n) is 4.32. The van der Waals surface area contributed by atoms with E-state index in [2.05, 4.69) is 12.2 Å². The van der Waals surface area contributed by atoms with Gasteiger partial charge in [-0.1, -0.05) is 19.1 Å². The maximum Gasteiger partial charge on any atom is 0.122 e. The van der Waals surface area contributed by atoms with Gasteiger partial charge in [-0.15, -0.1) is 6.54 Å². The summed E-state index contributed by atoms with van der Waals surface area (Å²) in [6.45, 7) is 6.54. The van der Waals surface area contributed by atoms with Crippen molar-refractivity contribution in [2.45, 2.75) is 39.4 Å². The van der Waals surface area contributed by atoms with Gasteiger partial charge < -0.3 is 15.2 Å². The third-order valence-corrected chi connectivity index (χ3v) is 2.94. The molecule has 0 aliphatic heterocycles. The molecule has 1 rings (SSSR count). The first-order chi connectivity index (χ1) is 8.10. The standard InChI is InChI=1S/C14H22NO2.Y/c1-5-10(2)17-14-8-6-7-12(11(14)3)13(16)9-15-4;/h6-8,10,13,16H,5,9H2,1-4H3;/q-1;. The van der Waals surface area contributed by atoms with Gasteiger partial charge in [0, 0.05) is 32.7 Å². The van der Waals surface area contributed by atoms with Crippen LogP contribution in [0.4, 0.5) is 0 Å². The van der Waals surface area contributed by atoms with E-state index in [4.69, 9.17) is 4.74 Å². The van der Waals surface area contributed by atoms with Crippen LogP contribution in [0.3, 0.4) is 0 Å². The van der Waals surface area contributed by atoms with E-state index in [0.29, 0.717) is 6.54 Å². The zero-order chi connectivity index (χ0) is 12.8. The van der Waals surface area contributed by atoms with Crippen molar-refractivity contribution in [3.05, 3.63) is 34.6 Å². The molecule has 0 spiro atoms. The summed E-state index contributed by atoms with van der Waals surface area (Å²) >= 11 is 0. The maximum atomic E-state index is 9.97. The Bertz CT molecular complexity index is 358. The molecular weight excluding hydrogens is 303 g/mol. The quantitative estimate of drug-likeness (QED) is 0.873. The first kappa shape index (κ1) is 18.0. The smallest absolute Gasteiger partial charge is 0.122 e. The third kappa shape index (κ3) is 4.96. The molecule has 1 N–H and O–H groups in total. The summed E-state index contributed by atoms with van der Waals surface area (Å²) in [6, 6.07) is 5.79. The van der Waals surface area contributed by atoms with E-state index in [-0.39, 0.29) is 38.8 Å². The summed E-state index contributed by atoms with van der Waals surface area (Å²) < 4.78 is 5.82. The molecule has 0 heterocycles. The molecule has 0 bridgehead atoms.